The van der Waals surface area contributed by atoms with Gasteiger partial charge in [-0.05, 0) is 25.1 Å². The Hall–Kier alpha value is -2.19. The van der Waals surface area contributed by atoms with Crippen LogP contribution in [-0.2, 0) is 14.9 Å². The van der Waals surface area contributed by atoms with Gasteiger partial charge in [-0.25, -0.2) is 4.79 Å². The molecule has 0 spiro atoms. The first-order chi connectivity index (χ1) is 12.4. The molecule has 5 nitrogen and oxygen atoms in total. The first-order valence-corrected chi connectivity index (χ1v) is 8.24. The quantitative estimate of drug-likeness (QED) is 0.359. The normalized spacial score (nSPS) is 13.9. The lowest BCUT2D eigenvalue weighted by Crippen LogP contribution is -2.63. The second kappa shape index (κ2) is 7.33. The van der Waals surface area contributed by atoms with Crippen LogP contribution in [0.25, 0.3) is 0 Å². The number of carbonyl (C=O) groups excluding carboxylic acids is 1. The summed E-state index contributed by atoms with van der Waals surface area (Å²) >= 11 is 0. The molecule has 1 rings (SSSR count). The Balaban J connectivity index is 3.32. The van der Waals surface area contributed by atoms with E-state index in [4.69, 9.17) is 0 Å². The Labute approximate surface area is 151 Å². The van der Waals surface area contributed by atoms with Gasteiger partial charge in [-0.15, -0.1) is 0 Å². The van der Waals surface area contributed by atoms with Crippen LogP contribution < -0.4 is 4.18 Å². The Kier molecular flexibility index (Phi) is 6.24. The molecule has 0 heterocycles. The number of rotatable bonds is 7. The number of hydrogen-bond donors (Lipinski definition) is 0. The van der Waals surface area contributed by atoms with Crippen LogP contribution in [0.4, 0.5) is 39.5 Å². The van der Waals surface area contributed by atoms with Gasteiger partial charge in [0.25, 0.3) is 0 Å². The molecule has 160 valence electrons. The highest BCUT2D eigenvalue weighted by molar-refractivity contribution is 7.88. The summed E-state index contributed by atoms with van der Waals surface area (Å²) in [6, 6.07) is 2.72. The van der Waals surface area contributed by atoms with Crippen molar-refractivity contribution in [3.63, 3.8) is 0 Å². The van der Waals surface area contributed by atoms with Gasteiger partial charge < -0.3 is 8.92 Å². The zero-order chi connectivity index (χ0) is 22.2. The number of ether oxygens (including phenoxy) is 1. The fourth-order valence-corrected chi connectivity index (χ4v) is 2.49. The summed E-state index contributed by atoms with van der Waals surface area (Å²) in [5.74, 6) is -17.2. The van der Waals surface area contributed by atoms with Crippen LogP contribution in [0.5, 0.6) is 5.75 Å². The molecule has 1 aromatic rings. The smallest absolute Gasteiger partial charge is 0.460 e. The molecular weight excluding hydrogens is 439 g/mol. The van der Waals surface area contributed by atoms with E-state index in [1.807, 2.05) is 0 Å². The summed E-state index contributed by atoms with van der Waals surface area (Å²) in [5, 5.41) is -7.00. The van der Waals surface area contributed by atoms with Crippen LogP contribution in [0.15, 0.2) is 24.3 Å². The predicted octanol–water partition coefficient (Wildman–Crippen LogP) is 4.00. The number of hydrogen-bond acceptors (Lipinski definition) is 5. The first-order valence-electron chi connectivity index (χ1n) is 6.83. The summed E-state index contributed by atoms with van der Waals surface area (Å²) < 4.78 is 146. The highest BCUT2D eigenvalue weighted by atomic mass is 32.2. The van der Waals surface area contributed by atoms with Crippen molar-refractivity contribution >= 4 is 16.1 Å². The van der Waals surface area contributed by atoms with Crippen LogP contribution in [0.3, 0.4) is 0 Å². The monoisotopic (exact) mass is 448 g/mol. The average Bonchev–Trinajstić information content (AvgIpc) is 2.53. The lowest BCUT2D eigenvalue weighted by Gasteiger charge is -2.32. The zero-order valence-electron chi connectivity index (χ0n) is 13.4. The highest BCUT2D eigenvalue weighted by Gasteiger charge is 2.86. The predicted molar refractivity (Wildman–Crippen MR) is 72.8 cm³/mol. The third-order valence-electron chi connectivity index (χ3n) is 2.98. The standard InChI is InChI=1S/C13H9F9O5S/c1-2-26-9(23)7-4-3-5-8(6-7)27-28(24,25)13(21,22)11(16,17)10(14,15)12(18,19)20/h3-6H,2H2,1H3. The molecule has 0 radical (unpaired) electrons. The Bertz CT molecular complexity index is 833. The van der Waals surface area contributed by atoms with E-state index in [-0.39, 0.29) is 6.61 Å². The largest absolute Gasteiger partial charge is 0.462 e. The molecule has 0 bridgehead atoms. The third kappa shape index (κ3) is 3.98. The second-order valence-electron chi connectivity index (χ2n) is 4.95. The van der Waals surface area contributed by atoms with Gasteiger partial charge in [0.2, 0.25) is 0 Å². The molecule has 0 aliphatic carbocycles. The van der Waals surface area contributed by atoms with Crippen LogP contribution >= 0.6 is 0 Å². The van der Waals surface area contributed by atoms with E-state index in [1.165, 1.54) is 6.92 Å². The van der Waals surface area contributed by atoms with Crippen molar-refractivity contribution in [1.82, 2.24) is 0 Å². The summed E-state index contributed by atoms with van der Waals surface area (Å²) in [6.45, 7) is 1.20. The fraction of sp³-hybridized carbons (Fsp3) is 0.462. The van der Waals surface area contributed by atoms with Crippen molar-refractivity contribution < 1.29 is 61.6 Å². The van der Waals surface area contributed by atoms with Gasteiger partial charge in [-0.3, -0.25) is 0 Å². The molecule has 0 aliphatic heterocycles. The molecule has 0 atom stereocenters. The third-order valence-corrected chi connectivity index (χ3v) is 4.28. The summed E-state index contributed by atoms with van der Waals surface area (Å²) in [4.78, 5) is 11.4. The van der Waals surface area contributed by atoms with Gasteiger partial charge in [0.1, 0.15) is 5.75 Å². The molecule has 0 aromatic heterocycles. The average molecular weight is 448 g/mol. The van der Waals surface area contributed by atoms with Gasteiger partial charge in [-0.2, -0.15) is 47.9 Å². The number of alkyl halides is 9. The van der Waals surface area contributed by atoms with Crippen molar-refractivity contribution in [1.29, 1.82) is 0 Å². The molecule has 0 unspecified atom stereocenters. The molecule has 0 N–H and O–H groups in total. The van der Waals surface area contributed by atoms with Crippen molar-refractivity contribution in [3.8, 4) is 5.75 Å². The molecular formula is C13H9F9O5S. The molecule has 0 fully saturated rings. The Morgan fingerprint density at radius 3 is 1.96 bits per heavy atom. The minimum absolute atomic E-state index is 0.168. The Morgan fingerprint density at radius 2 is 1.50 bits per heavy atom. The fourth-order valence-electron chi connectivity index (χ4n) is 1.59. The number of carbonyl (C=O) groups is 1. The van der Waals surface area contributed by atoms with Crippen LogP contribution in [-0.4, -0.2) is 44.3 Å². The van der Waals surface area contributed by atoms with Crippen LogP contribution in [0.1, 0.15) is 17.3 Å². The van der Waals surface area contributed by atoms with Crippen molar-refractivity contribution in [2.24, 2.45) is 0 Å². The Morgan fingerprint density at radius 1 is 0.964 bits per heavy atom. The van der Waals surface area contributed by atoms with Gasteiger partial charge in [0, 0.05) is 0 Å². The molecule has 15 heteroatoms. The number of benzene rings is 1. The van der Waals surface area contributed by atoms with Gasteiger partial charge in [0.05, 0.1) is 12.2 Å². The zero-order valence-corrected chi connectivity index (χ0v) is 14.2. The molecule has 28 heavy (non-hydrogen) atoms. The van der Waals surface area contributed by atoms with Crippen LogP contribution in [0.2, 0.25) is 0 Å². The van der Waals surface area contributed by atoms with Gasteiger partial charge in [-0.1, -0.05) is 6.07 Å². The number of halogens is 9. The van der Waals surface area contributed by atoms with E-state index in [2.05, 4.69) is 8.92 Å². The lowest BCUT2D eigenvalue weighted by molar-refractivity contribution is -0.382. The molecule has 0 saturated carbocycles. The maximum absolute atomic E-state index is 13.5. The molecule has 0 amide bonds. The first kappa shape index (κ1) is 23.8. The van der Waals surface area contributed by atoms with E-state index >= 15 is 0 Å². The van der Waals surface area contributed by atoms with Crippen molar-refractivity contribution in [3.05, 3.63) is 29.8 Å². The van der Waals surface area contributed by atoms with Gasteiger partial charge in [0.15, 0.2) is 0 Å². The van der Waals surface area contributed by atoms with Crippen molar-refractivity contribution in [2.75, 3.05) is 6.61 Å². The maximum Gasteiger partial charge on any atom is 0.460 e. The van der Waals surface area contributed by atoms with E-state index < -0.39 is 50.7 Å². The minimum Gasteiger partial charge on any atom is -0.462 e. The van der Waals surface area contributed by atoms with Crippen molar-refractivity contribution in [2.45, 2.75) is 30.2 Å². The summed E-state index contributed by atoms with van der Waals surface area (Å²) in [6.07, 6.45) is -7.20. The molecule has 0 saturated heterocycles. The van der Waals surface area contributed by atoms with E-state index in [1.54, 1.807) is 0 Å². The minimum atomic E-state index is -7.42. The SMILES string of the molecule is CCOC(=O)c1cccc(OS(=O)(=O)C(F)(F)C(F)(F)C(F)(F)C(F)(F)F)c1. The maximum atomic E-state index is 13.5. The summed E-state index contributed by atoms with van der Waals surface area (Å²) in [5.41, 5.74) is -0.509. The van der Waals surface area contributed by atoms with Crippen LogP contribution in [0, 0.1) is 0 Å². The summed E-state index contributed by atoms with van der Waals surface area (Å²) in [7, 11) is -7.08. The number of esters is 1. The molecule has 0 aliphatic rings. The lowest BCUT2D eigenvalue weighted by atomic mass is 10.1. The van der Waals surface area contributed by atoms with E-state index in [9.17, 15) is 52.7 Å². The topological polar surface area (TPSA) is 69.7 Å². The molecule has 1 aromatic carbocycles. The van der Waals surface area contributed by atoms with E-state index in [0.29, 0.717) is 12.1 Å². The van der Waals surface area contributed by atoms with E-state index in [0.717, 1.165) is 12.1 Å². The second-order valence-corrected chi connectivity index (χ2v) is 6.54. The van der Waals surface area contributed by atoms with Gasteiger partial charge >= 0.3 is 39.4 Å². The highest BCUT2D eigenvalue weighted by Crippen LogP contribution is 2.54.